The molecule has 0 amide bonds. The van der Waals surface area contributed by atoms with Crippen molar-refractivity contribution in [2.75, 3.05) is 14.1 Å². The van der Waals surface area contributed by atoms with Gasteiger partial charge in [0.15, 0.2) is 0 Å². The summed E-state index contributed by atoms with van der Waals surface area (Å²) in [5, 5.41) is 25.5. The van der Waals surface area contributed by atoms with E-state index in [1.165, 1.54) is 24.3 Å². The van der Waals surface area contributed by atoms with Gasteiger partial charge < -0.3 is 15.3 Å². The van der Waals surface area contributed by atoms with Crippen molar-refractivity contribution >= 4 is 11.9 Å². The van der Waals surface area contributed by atoms with Gasteiger partial charge in [0.25, 0.3) is 0 Å². The van der Waals surface area contributed by atoms with Crippen LogP contribution in [0.15, 0.2) is 24.3 Å². The molecule has 0 aliphatic carbocycles. The van der Waals surface area contributed by atoms with Crippen LogP contribution >= 0.6 is 0 Å². The second-order valence-corrected chi connectivity index (χ2v) is 3.78. The molecule has 0 spiro atoms. The quantitative estimate of drug-likeness (QED) is 0.696. The van der Waals surface area contributed by atoms with Crippen molar-refractivity contribution < 1.29 is 24.9 Å². The minimum absolute atomic E-state index is 0.0833. The third kappa shape index (κ3) is 5.97. The lowest BCUT2D eigenvalue weighted by Crippen LogP contribution is -2.23. The molecule has 18 heavy (non-hydrogen) atoms. The van der Waals surface area contributed by atoms with Crippen LogP contribution in [0.1, 0.15) is 27.6 Å². The van der Waals surface area contributed by atoms with E-state index in [-0.39, 0.29) is 17.4 Å². The summed E-state index contributed by atoms with van der Waals surface area (Å²) in [6, 6.07) is 5.02. The van der Waals surface area contributed by atoms with E-state index in [9.17, 15) is 9.59 Å². The standard InChI is InChI=1S/C8H6O4.C4H11NO/c9-7(10)5-1-2-6(4-3-5)8(11)12;1-4(6)5(2)3/h1-4H,(H,9,10)(H,11,12);4,6H,1-3H3. The monoisotopic (exact) mass is 255 g/mol. The fourth-order valence-corrected chi connectivity index (χ4v) is 0.755. The molecule has 0 radical (unpaired) electrons. The Labute approximate surface area is 105 Å². The molecule has 0 saturated carbocycles. The molecule has 1 atom stereocenters. The Bertz CT molecular complexity index is 358. The molecule has 0 saturated heterocycles. The van der Waals surface area contributed by atoms with E-state index >= 15 is 0 Å². The molecule has 0 bridgehead atoms. The summed E-state index contributed by atoms with van der Waals surface area (Å²) in [6.07, 6.45) is -0.315. The highest BCUT2D eigenvalue weighted by atomic mass is 16.4. The van der Waals surface area contributed by atoms with E-state index in [2.05, 4.69) is 0 Å². The molecule has 0 heterocycles. The van der Waals surface area contributed by atoms with Crippen molar-refractivity contribution in [3.05, 3.63) is 35.4 Å². The summed E-state index contributed by atoms with van der Waals surface area (Å²) in [4.78, 5) is 22.4. The minimum atomic E-state index is -1.06. The number of hydrogen-bond donors (Lipinski definition) is 3. The number of aliphatic hydroxyl groups excluding tert-OH is 1. The maximum atomic E-state index is 10.3. The molecular weight excluding hydrogens is 238 g/mol. The number of rotatable bonds is 3. The lowest BCUT2D eigenvalue weighted by molar-refractivity contribution is 0.0578. The highest BCUT2D eigenvalue weighted by Gasteiger charge is 2.04. The molecule has 0 aliphatic heterocycles. The van der Waals surface area contributed by atoms with Crippen molar-refractivity contribution in [3.8, 4) is 0 Å². The highest BCUT2D eigenvalue weighted by Crippen LogP contribution is 2.03. The van der Waals surface area contributed by atoms with Crippen molar-refractivity contribution in [2.24, 2.45) is 0 Å². The molecule has 6 nitrogen and oxygen atoms in total. The van der Waals surface area contributed by atoms with E-state index < -0.39 is 11.9 Å². The summed E-state index contributed by atoms with van der Waals surface area (Å²) in [5.41, 5.74) is 0.167. The van der Waals surface area contributed by atoms with Crippen LogP contribution in [0, 0.1) is 0 Å². The van der Waals surface area contributed by atoms with E-state index in [1.54, 1.807) is 11.8 Å². The second-order valence-electron chi connectivity index (χ2n) is 3.78. The maximum Gasteiger partial charge on any atom is 0.335 e. The van der Waals surface area contributed by atoms with Crippen LogP contribution in [0.3, 0.4) is 0 Å². The number of hydrogen-bond acceptors (Lipinski definition) is 4. The number of carbonyl (C=O) groups is 2. The van der Waals surface area contributed by atoms with Crippen LogP contribution in [-0.2, 0) is 0 Å². The number of carboxylic acid groups (broad SMARTS) is 2. The van der Waals surface area contributed by atoms with E-state index in [1.807, 2.05) is 14.1 Å². The predicted molar refractivity (Wildman–Crippen MR) is 65.7 cm³/mol. The minimum Gasteiger partial charge on any atom is -0.478 e. The molecule has 0 aliphatic rings. The molecular formula is C12H17NO5. The Morgan fingerprint density at radius 1 is 1.00 bits per heavy atom. The van der Waals surface area contributed by atoms with E-state index in [0.717, 1.165) is 0 Å². The highest BCUT2D eigenvalue weighted by molar-refractivity contribution is 5.91. The largest absolute Gasteiger partial charge is 0.478 e. The fourth-order valence-electron chi connectivity index (χ4n) is 0.755. The van der Waals surface area contributed by atoms with Crippen molar-refractivity contribution in [1.82, 2.24) is 4.90 Å². The SMILES string of the molecule is CC(O)N(C)C.O=C(O)c1ccc(C(=O)O)cc1. The Kier molecular flexibility index (Phi) is 6.62. The van der Waals surface area contributed by atoms with Gasteiger partial charge in [-0.25, -0.2) is 9.59 Å². The van der Waals surface area contributed by atoms with Crippen LogP contribution in [-0.4, -0.2) is 52.5 Å². The molecule has 0 aromatic heterocycles. The zero-order valence-corrected chi connectivity index (χ0v) is 10.5. The molecule has 100 valence electrons. The van der Waals surface area contributed by atoms with Gasteiger partial charge in [0.05, 0.1) is 11.1 Å². The van der Waals surface area contributed by atoms with Crippen LogP contribution in [0.2, 0.25) is 0 Å². The average molecular weight is 255 g/mol. The maximum absolute atomic E-state index is 10.3. The summed E-state index contributed by atoms with van der Waals surface area (Å²) in [6.45, 7) is 1.72. The zero-order chi connectivity index (χ0) is 14.3. The van der Waals surface area contributed by atoms with Crippen molar-refractivity contribution in [3.63, 3.8) is 0 Å². The topological polar surface area (TPSA) is 98.1 Å². The van der Waals surface area contributed by atoms with Gasteiger partial charge in [0.2, 0.25) is 0 Å². The Balaban J connectivity index is 0.000000411. The molecule has 1 aromatic rings. The Hall–Kier alpha value is -1.92. The number of aromatic carboxylic acids is 2. The van der Waals surface area contributed by atoms with E-state index in [4.69, 9.17) is 15.3 Å². The smallest absolute Gasteiger partial charge is 0.335 e. The number of carboxylic acids is 2. The molecule has 0 fully saturated rings. The summed E-state index contributed by atoms with van der Waals surface area (Å²) in [5.74, 6) is -2.13. The van der Waals surface area contributed by atoms with Gasteiger partial charge >= 0.3 is 11.9 Å². The first-order valence-corrected chi connectivity index (χ1v) is 5.17. The normalized spacial score (nSPS) is 11.4. The molecule has 3 N–H and O–H groups in total. The molecule has 1 unspecified atom stereocenters. The fraction of sp³-hybridized carbons (Fsp3) is 0.333. The zero-order valence-electron chi connectivity index (χ0n) is 10.5. The summed E-state index contributed by atoms with van der Waals surface area (Å²) >= 11 is 0. The number of aliphatic hydroxyl groups is 1. The van der Waals surface area contributed by atoms with Crippen LogP contribution in [0.4, 0.5) is 0 Å². The molecule has 1 rings (SSSR count). The van der Waals surface area contributed by atoms with Crippen molar-refractivity contribution in [2.45, 2.75) is 13.2 Å². The summed E-state index contributed by atoms with van der Waals surface area (Å²) in [7, 11) is 3.65. The third-order valence-electron chi connectivity index (χ3n) is 2.13. The second kappa shape index (κ2) is 7.41. The third-order valence-corrected chi connectivity index (χ3v) is 2.13. The van der Waals surface area contributed by atoms with Crippen molar-refractivity contribution in [1.29, 1.82) is 0 Å². The van der Waals surface area contributed by atoms with Gasteiger partial charge in [-0.2, -0.15) is 0 Å². The van der Waals surface area contributed by atoms with Gasteiger partial charge in [-0.05, 0) is 45.3 Å². The van der Waals surface area contributed by atoms with Crippen LogP contribution < -0.4 is 0 Å². The summed E-state index contributed by atoms with van der Waals surface area (Å²) < 4.78 is 0. The van der Waals surface area contributed by atoms with E-state index in [0.29, 0.717) is 0 Å². The van der Waals surface area contributed by atoms with Crippen LogP contribution in [0.25, 0.3) is 0 Å². The number of nitrogens with zero attached hydrogens (tertiary/aromatic N) is 1. The predicted octanol–water partition coefficient (Wildman–Crippen LogP) is 0.969. The Morgan fingerprint density at radius 3 is 1.33 bits per heavy atom. The van der Waals surface area contributed by atoms with Gasteiger partial charge in [-0.1, -0.05) is 0 Å². The first-order valence-electron chi connectivity index (χ1n) is 5.17. The van der Waals surface area contributed by atoms with Gasteiger partial charge in [0, 0.05) is 0 Å². The lowest BCUT2D eigenvalue weighted by atomic mass is 10.1. The van der Waals surface area contributed by atoms with Gasteiger partial charge in [-0.15, -0.1) is 0 Å². The first-order chi connectivity index (χ1) is 8.25. The first kappa shape index (κ1) is 16.1. The van der Waals surface area contributed by atoms with Gasteiger partial charge in [0.1, 0.15) is 6.23 Å². The molecule has 1 aromatic carbocycles. The van der Waals surface area contributed by atoms with Gasteiger partial charge in [-0.3, -0.25) is 4.90 Å². The lowest BCUT2D eigenvalue weighted by Gasteiger charge is -2.11. The molecule has 6 heteroatoms. The number of benzene rings is 1. The van der Waals surface area contributed by atoms with Crippen LogP contribution in [0.5, 0.6) is 0 Å². The average Bonchev–Trinajstić information content (AvgIpc) is 2.29. The Morgan fingerprint density at radius 2 is 1.22 bits per heavy atom.